The molecule has 21 heavy (non-hydrogen) atoms. The summed E-state index contributed by atoms with van der Waals surface area (Å²) in [6, 6.07) is 4.10. The fourth-order valence-corrected chi connectivity index (χ4v) is 5.91. The molecule has 2 saturated carbocycles. The molecule has 4 rings (SSSR count). The van der Waals surface area contributed by atoms with Crippen LogP contribution in [0.3, 0.4) is 0 Å². The number of aliphatic hydroxyl groups is 1. The van der Waals surface area contributed by atoms with Crippen LogP contribution in [0, 0.1) is 17.3 Å². The van der Waals surface area contributed by atoms with Gasteiger partial charge in [-0.1, -0.05) is 6.92 Å². The predicted octanol–water partition coefficient (Wildman–Crippen LogP) is 4.37. The molecule has 3 aliphatic rings. The van der Waals surface area contributed by atoms with Crippen LogP contribution in [0.2, 0.25) is 0 Å². The molecular weight excluding hydrogens is 328 g/mol. The van der Waals surface area contributed by atoms with Gasteiger partial charge < -0.3 is 10.2 Å². The molecule has 1 aromatic rings. The standard InChI is InChI=1S/C18H23BrO2/c1-18-7-6-11-12(14(18)4-5-17(18)21)3-2-10-8-16(20)15(19)9-13(10)11/h8-9,11-12,14,17,20-21H,2-7H2,1H3/t11-,12+,14+,17-,18-/m0/s1. The van der Waals surface area contributed by atoms with Gasteiger partial charge in [0, 0.05) is 0 Å². The molecule has 5 atom stereocenters. The highest BCUT2D eigenvalue weighted by Crippen LogP contribution is 2.61. The molecular formula is C18H23BrO2. The number of fused-ring (bicyclic) bond motifs is 5. The van der Waals surface area contributed by atoms with Gasteiger partial charge in [0.2, 0.25) is 0 Å². The molecule has 0 aliphatic heterocycles. The lowest BCUT2D eigenvalue weighted by molar-refractivity contribution is -0.0226. The Kier molecular flexibility index (Phi) is 3.17. The van der Waals surface area contributed by atoms with Gasteiger partial charge in [-0.25, -0.2) is 0 Å². The van der Waals surface area contributed by atoms with E-state index in [0.29, 0.717) is 23.5 Å². The molecule has 2 N–H and O–H groups in total. The van der Waals surface area contributed by atoms with Crippen molar-refractivity contribution in [2.45, 2.75) is 57.5 Å². The van der Waals surface area contributed by atoms with Crippen molar-refractivity contribution in [1.29, 1.82) is 0 Å². The molecule has 1 aromatic carbocycles. The topological polar surface area (TPSA) is 40.5 Å². The first-order chi connectivity index (χ1) is 10.0. The molecule has 0 heterocycles. The molecule has 0 aromatic heterocycles. The fraction of sp³-hybridized carbons (Fsp3) is 0.667. The Labute approximate surface area is 134 Å². The second-order valence-corrected chi connectivity index (χ2v) is 8.41. The van der Waals surface area contributed by atoms with E-state index in [-0.39, 0.29) is 11.5 Å². The smallest absolute Gasteiger partial charge is 0.130 e. The van der Waals surface area contributed by atoms with Crippen molar-refractivity contribution in [3.05, 3.63) is 27.7 Å². The first-order valence-corrected chi connectivity index (χ1v) is 8.99. The number of aryl methyl sites for hydroxylation is 1. The van der Waals surface area contributed by atoms with Crippen LogP contribution >= 0.6 is 15.9 Å². The van der Waals surface area contributed by atoms with Gasteiger partial charge in [0.1, 0.15) is 5.75 Å². The molecule has 3 heteroatoms. The van der Waals surface area contributed by atoms with E-state index >= 15 is 0 Å². The van der Waals surface area contributed by atoms with Gasteiger partial charge in [0.25, 0.3) is 0 Å². The number of rotatable bonds is 0. The van der Waals surface area contributed by atoms with Crippen molar-refractivity contribution in [3.8, 4) is 5.75 Å². The summed E-state index contributed by atoms with van der Waals surface area (Å²) in [4.78, 5) is 0. The maximum Gasteiger partial charge on any atom is 0.130 e. The van der Waals surface area contributed by atoms with Crippen LogP contribution < -0.4 is 0 Å². The van der Waals surface area contributed by atoms with Crippen LogP contribution in [0.25, 0.3) is 0 Å². The third kappa shape index (κ3) is 1.93. The van der Waals surface area contributed by atoms with E-state index in [1.165, 1.54) is 30.4 Å². The Morgan fingerprint density at radius 3 is 2.81 bits per heavy atom. The van der Waals surface area contributed by atoms with E-state index < -0.39 is 0 Å². The number of halogens is 1. The van der Waals surface area contributed by atoms with Crippen molar-refractivity contribution in [3.63, 3.8) is 0 Å². The summed E-state index contributed by atoms with van der Waals surface area (Å²) < 4.78 is 0.821. The summed E-state index contributed by atoms with van der Waals surface area (Å²) in [7, 11) is 0. The van der Waals surface area contributed by atoms with Crippen molar-refractivity contribution in [2.24, 2.45) is 17.3 Å². The highest BCUT2D eigenvalue weighted by Gasteiger charge is 2.54. The monoisotopic (exact) mass is 350 g/mol. The largest absolute Gasteiger partial charge is 0.507 e. The van der Waals surface area contributed by atoms with Gasteiger partial charge in [-0.15, -0.1) is 0 Å². The molecule has 0 amide bonds. The summed E-state index contributed by atoms with van der Waals surface area (Å²) in [5, 5.41) is 20.3. The van der Waals surface area contributed by atoms with Gasteiger partial charge in [-0.05, 0) is 101 Å². The molecule has 114 valence electrons. The third-order valence-corrected chi connectivity index (χ3v) is 7.38. The van der Waals surface area contributed by atoms with E-state index in [1.54, 1.807) is 0 Å². The van der Waals surface area contributed by atoms with Gasteiger partial charge >= 0.3 is 0 Å². The fourth-order valence-electron chi connectivity index (χ4n) is 5.55. The zero-order valence-corrected chi connectivity index (χ0v) is 14.1. The average Bonchev–Trinajstić information content (AvgIpc) is 2.76. The molecule has 0 unspecified atom stereocenters. The SMILES string of the molecule is C[C@]12CC[C@@H]3c4cc(Br)c(O)cc4CC[C@H]3[C@H]1CC[C@@H]2O. The lowest BCUT2D eigenvalue weighted by Crippen LogP contribution is -2.43. The number of aromatic hydroxyl groups is 1. The molecule has 0 spiro atoms. The van der Waals surface area contributed by atoms with E-state index in [9.17, 15) is 10.2 Å². The Bertz CT molecular complexity index is 585. The second kappa shape index (κ2) is 4.73. The first kappa shape index (κ1) is 14.1. The van der Waals surface area contributed by atoms with Gasteiger partial charge in [-0.2, -0.15) is 0 Å². The van der Waals surface area contributed by atoms with Crippen molar-refractivity contribution in [2.75, 3.05) is 0 Å². The Morgan fingerprint density at radius 1 is 1.19 bits per heavy atom. The van der Waals surface area contributed by atoms with Crippen LogP contribution in [-0.2, 0) is 6.42 Å². The van der Waals surface area contributed by atoms with Gasteiger partial charge in [-0.3, -0.25) is 0 Å². The first-order valence-electron chi connectivity index (χ1n) is 8.20. The Balaban J connectivity index is 1.73. The number of hydrogen-bond donors (Lipinski definition) is 2. The quantitative estimate of drug-likeness (QED) is 0.729. The van der Waals surface area contributed by atoms with Gasteiger partial charge in [0.15, 0.2) is 0 Å². The van der Waals surface area contributed by atoms with E-state index in [2.05, 4.69) is 28.9 Å². The molecule has 2 nitrogen and oxygen atoms in total. The molecule has 3 aliphatic carbocycles. The summed E-state index contributed by atoms with van der Waals surface area (Å²) >= 11 is 3.48. The average molecular weight is 351 g/mol. The molecule has 0 saturated heterocycles. The highest BCUT2D eigenvalue weighted by molar-refractivity contribution is 9.10. The molecule has 2 fully saturated rings. The summed E-state index contributed by atoms with van der Waals surface area (Å²) in [5.74, 6) is 2.37. The number of aliphatic hydroxyl groups excluding tert-OH is 1. The van der Waals surface area contributed by atoms with Gasteiger partial charge in [0.05, 0.1) is 10.6 Å². The number of phenols is 1. The van der Waals surface area contributed by atoms with Crippen LogP contribution in [0.4, 0.5) is 0 Å². The summed E-state index contributed by atoms with van der Waals surface area (Å²) in [6.45, 7) is 2.31. The Morgan fingerprint density at radius 2 is 2.00 bits per heavy atom. The third-order valence-electron chi connectivity index (χ3n) is 6.74. The minimum absolute atomic E-state index is 0.101. The van der Waals surface area contributed by atoms with Crippen LogP contribution in [0.5, 0.6) is 5.75 Å². The zero-order chi connectivity index (χ0) is 14.8. The zero-order valence-electron chi connectivity index (χ0n) is 12.5. The second-order valence-electron chi connectivity index (χ2n) is 7.56. The Hall–Kier alpha value is -0.540. The number of benzene rings is 1. The number of phenolic OH excluding ortho intramolecular Hbond substituents is 1. The van der Waals surface area contributed by atoms with Crippen LogP contribution in [-0.4, -0.2) is 16.3 Å². The van der Waals surface area contributed by atoms with Crippen LogP contribution in [0.1, 0.15) is 56.1 Å². The van der Waals surface area contributed by atoms with Crippen molar-refractivity contribution in [1.82, 2.24) is 0 Å². The lowest BCUT2D eigenvalue weighted by atomic mass is 9.55. The van der Waals surface area contributed by atoms with E-state index in [0.717, 1.165) is 23.7 Å². The summed E-state index contributed by atoms with van der Waals surface area (Å²) in [5.41, 5.74) is 2.92. The lowest BCUT2D eigenvalue weighted by Gasteiger charge is -2.50. The van der Waals surface area contributed by atoms with E-state index in [4.69, 9.17) is 0 Å². The highest BCUT2D eigenvalue weighted by atomic mass is 79.9. The molecule has 0 bridgehead atoms. The maximum absolute atomic E-state index is 10.4. The van der Waals surface area contributed by atoms with Crippen molar-refractivity contribution >= 4 is 15.9 Å². The number of hydrogen-bond acceptors (Lipinski definition) is 2. The predicted molar refractivity (Wildman–Crippen MR) is 86.4 cm³/mol. The van der Waals surface area contributed by atoms with Crippen molar-refractivity contribution < 1.29 is 10.2 Å². The maximum atomic E-state index is 10.4. The normalized spacial score (nSPS) is 41.3. The molecule has 0 radical (unpaired) electrons. The van der Waals surface area contributed by atoms with Crippen LogP contribution in [0.15, 0.2) is 16.6 Å². The minimum atomic E-state index is -0.101. The minimum Gasteiger partial charge on any atom is -0.507 e. The summed E-state index contributed by atoms with van der Waals surface area (Å²) in [6.07, 6.45) is 6.67. The van der Waals surface area contributed by atoms with E-state index in [1.807, 2.05) is 6.07 Å².